The molecule has 1 aromatic carbocycles. The van der Waals surface area contributed by atoms with E-state index in [0.717, 1.165) is 19.4 Å². The largest absolute Gasteiger partial charge is 0.320 e. The van der Waals surface area contributed by atoms with Crippen molar-refractivity contribution in [2.24, 2.45) is 0 Å². The number of nitrogens with zero attached hydrogens (tertiary/aromatic N) is 1. The average molecular weight is 217 g/mol. The van der Waals surface area contributed by atoms with Crippen molar-refractivity contribution in [3.8, 4) is 0 Å². The lowest BCUT2D eigenvalue weighted by molar-refractivity contribution is -0.126. The van der Waals surface area contributed by atoms with Crippen molar-refractivity contribution in [3.63, 3.8) is 0 Å². The Morgan fingerprint density at radius 2 is 2.00 bits per heavy atom. The van der Waals surface area contributed by atoms with E-state index >= 15 is 0 Å². The number of amides is 1. The fourth-order valence-corrected chi connectivity index (χ4v) is 1.62. The minimum atomic E-state index is 0.103. The third kappa shape index (κ3) is 4.30. The van der Waals surface area contributed by atoms with Crippen molar-refractivity contribution in [3.05, 3.63) is 48.2 Å². The van der Waals surface area contributed by atoms with Gasteiger partial charge >= 0.3 is 0 Å². The first kappa shape index (κ1) is 12.5. The van der Waals surface area contributed by atoms with E-state index < -0.39 is 0 Å². The molecule has 0 N–H and O–H groups in total. The molecule has 0 saturated carbocycles. The smallest absolute Gasteiger partial charge is 0.223 e. The van der Waals surface area contributed by atoms with Crippen molar-refractivity contribution in [2.75, 3.05) is 6.54 Å². The molecule has 0 aliphatic carbocycles. The second-order valence-electron chi connectivity index (χ2n) is 3.78. The first-order valence-electron chi connectivity index (χ1n) is 5.68. The Hall–Kier alpha value is -1.57. The highest BCUT2D eigenvalue weighted by molar-refractivity contribution is 5.74. The first-order valence-corrected chi connectivity index (χ1v) is 5.68. The van der Waals surface area contributed by atoms with Crippen LogP contribution in [0.2, 0.25) is 0 Å². The molecule has 0 atom stereocenters. The van der Waals surface area contributed by atoms with Crippen LogP contribution >= 0.6 is 0 Å². The second-order valence-corrected chi connectivity index (χ2v) is 3.78. The summed E-state index contributed by atoms with van der Waals surface area (Å²) in [5, 5.41) is 0. The molecule has 0 spiro atoms. The van der Waals surface area contributed by atoms with E-state index in [2.05, 4.69) is 12.1 Å². The first-order chi connectivity index (χ1) is 7.74. The van der Waals surface area contributed by atoms with Crippen molar-refractivity contribution in [2.45, 2.75) is 26.7 Å². The lowest BCUT2D eigenvalue weighted by atomic mass is 10.1. The molecule has 0 aromatic heterocycles. The Labute approximate surface area is 97.6 Å². The van der Waals surface area contributed by atoms with Crippen molar-refractivity contribution >= 4 is 5.91 Å². The van der Waals surface area contributed by atoms with Crippen LogP contribution in [0.3, 0.4) is 0 Å². The number of hydrogen-bond acceptors (Lipinski definition) is 1. The number of rotatable bonds is 5. The summed E-state index contributed by atoms with van der Waals surface area (Å²) >= 11 is 0. The van der Waals surface area contributed by atoms with Crippen LogP contribution in [0.4, 0.5) is 0 Å². The zero-order chi connectivity index (χ0) is 11.8. The summed E-state index contributed by atoms with van der Waals surface area (Å²) in [6.07, 6.45) is 5.74. The molecule has 0 fully saturated rings. The molecule has 0 bridgehead atoms. The van der Waals surface area contributed by atoms with Gasteiger partial charge in [0, 0.05) is 19.7 Å². The molecular weight excluding hydrogens is 198 g/mol. The van der Waals surface area contributed by atoms with Gasteiger partial charge in [-0.25, -0.2) is 0 Å². The highest BCUT2D eigenvalue weighted by Crippen LogP contribution is 2.04. The molecule has 2 heteroatoms. The summed E-state index contributed by atoms with van der Waals surface area (Å²) in [5.74, 6) is 0.103. The maximum Gasteiger partial charge on any atom is 0.223 e. The highest BCUT2D eigenvalue weighted by Gasteiger charge is 2.03. The predicted octanol–water partition coefficient (Wildman–Crippen LogP) is 3.00. The van der Waals surface area contributed by atoms with Gasteiger partial charge in [-0.05, 0) is 25.3 Å². The Bertz CT molecular complexity index is 343. The minimum Gasteiger partial charge on any atom is -0.320 e. The molecule has 1 aromatic rings. The molecule has 1 amide bonds. The van der Waals surface area contributed by atoms with Crippen LogP contribution in [0, 0.1) is 0 Å². The number of aryl methyl sites for hydroxylation is 1. The van der Waals surface area contributed by atoms with Crippen LogP contribution in [0.1, 0.15) is 25.8 Å². The number of carbonyl (C=O) groups is 1. The number of allylic oxidation sites excluding steroid dienone is 1. The van der Waals surface area contributed by atoms with Gasteiger partial charge in [-0.1, -0.05) is 36.4 Å². The van der Waals surface area contributed by atoms with E-state index in [1.165, 1.54) is 5.56 Å². The lowest BCUT2D eigenvalue weighted by Gasteiger charge is -2.15. The van der Waals surface area contributed by atoms with E-state index in [0.29, 0.717) is 0 Å². The highest BCUT2D eigenvalue weighted by atomic mass is 16.2. The zero-order valence-corrected chi connectivity index (χ0v) is 10.0. The van der Waals surface area contributed by atoms with Gasteiger partial charge in [-0.15, -0.1) is 0 Å². The maximum absolute atomic E-state index is 11.3. The summed E-state index contributed by atoms with van der Waals surface area (Å²) in [6.45, 7) is 4.31. The number of benzene rings is 1. The van der Waals surface area contributed by atoms with Gasteiger partial charge in [0.25, 0.3) is 0 Å². The van der Waals surface area contributed by atoms with E-state index in [1.54, 1.807) is 11.8 Å². The number of hydrogen-bond donors (Lipinski definition) is 0. The monoisotopic (exact) mass is 217 g/mol. The minimum absolute atomic E-state index is 0.103. The summed E-state index contributed by atoms with van der Waals surface area (Å²) < 4.78 is 0. The predicted molar refractivity (Wildman–Crippen MR) is 67.0 cm³/mol. The van der Waals surface area contributed by atoms with E-state index in [9.17, 15) is 4.79 Å². The summed E-state index contributed by atoms with van der Waals surface area (Å²) in [4.78, 5) is 13.0. The molecule has 0 radical (unpaired) electrons. The third-order valence-electron chi connectivity index (χ3n) is 2.44. The van der Waals surface area contributed by atoms with Gasteiger partial charge in [0.2, 0.25) is 5.91 Å². The second kappa shape index (κ2) is 6.83. The summed E-state index contributed by atoms with van der Waals surface area (Å²) in [6, 6.07) is 10.3. The maximum atomic E-state index is 11.3. The Balaban J connectivity index is 2.36. The normalized spacial score (nSPS) is 10.6. The fraction of sp³-hybridized carbons (Fsp3) is 0.357. The molecular formula is C14H19NO. The quantitative estimate of drug-likeness (QED) is 0.742. The summed E-state index contributed by atoms with van der Waals surface area (Å²) in [7, 11) is 0. The lowest BCUT2D eigenvalue weighted by Crippen LogP contribution is -2.24. The van der Waals surface area contributed by atoms with Crippen molar-refractivity contribution in [1.29, 1.82) is 0 Å². The van der Waals surface area contributed by atoms with Gasteiger partial charge in [0.05, 0.1) is 0 Å². The van der Waals surface area contributed by atoms with E-state index in [-0.39, 0.29) is 5.91 Å². The van der Waals surface area contributed by atoms with Crippen LogP contribution in [0.5, 0.6) is 0 Å². The van der Waals surface area contributed by atoms with E-state index in [1.807, 2.05) is 37.4 Å². The van der Waals surface area contributed by atoms with Crippen LogP contribution in [-0.2, 0) is 11.2 Å². The Morgan fingerprint density at radius 3 is 2.56 bits per heavy atom. The fourth-order valence-electron chi connectivity index (χ4n) is 1.62. The SMILES string of the molecule is C/C=C/N(CCCc1ccccc1)C(C)=O. The molecule has 0 saturated heterocycles. The average Bonchev–Trinajstić information content (AvgIpc) is 2.29. The van der Waals surface area contributed by atoms with Crippen molar-refractivity contribution < 1.29 is 4.79 Å². The topological polar surface area (TPSA) is 20.3 Å². The van der Waals surface area contributed by atoms with Crippen LogP contribution in [0.15, 0.2) is 42.6 Å². The van der Waals surface area contributed by atoms with E-state index in [4.69, 9.17) is 0 Å². The van der Waals surface area contributed by atoms with Crippen molar-refractivity contribution in [1.82, 2.24) is 4.90 Å². The standard InChI is InChI=1S/C14H19NO/c1-3-11-15(13(2)16)12-7-10-14-8-5-4-6-9-14/h3-6,8-9,11H,7,10,12H2,1-2H3/b11-3+. The van der Waals surface area contributed by atoms with Gasteiger partial charge in [0.1, 0.15) is 0 Å². The van der Waals surface area contributed by atoms with Crippen LogP contribution in [0.25, 0.3) is 0 Å². The molecule has 0 aliphatic heterocycles. The van der Waals surface area contributed by atoms with Gasteiger partial charge < -0.3 is 4.90 Å². The van der Waals surface area contributed by atoms with Crippen LogP contribution < -0.4 is 0 Å². The van der Waals surface area contributed by atoms with Crippen LogP contribution in [-0.4, -0.2) is 17.4 Å². The zero-order valence-electron chi connectivity index (χ0n) is 10.0. The molecule has 1 rings (SSSR count). The molecule has 0 aliphatic rings. The van der Waals surface area contributed by atoms with Gasteiger partial charge in [0.15, 0.2) is 0 Å². The third-order valence-corrected chi connectivity index (χ3v) is 2.44. The Morgan fingerprint density at radius 1 is 1.31 bits per heavy atom. The summed E-state index contributed by atoms with van der Waals surface area (Å²) in [5.41, 5.74) is 1.33. The molecule has 86 valence electrons. The molecule has 16 heavy (non-hydrogen) atoms. The molecule has 0 heterocycles. The van der Waals surface area contributed by atoms with Gasteiger partial charge in [-0.2, -0.15) is 0 Å². The molecule has 0 unspecified atom stereocenters. The Kier molecular flexibility index (Phi) is 5.34. The molecule has 2 nitrogen and oxygen atoms in total. The van der Waals surface area contributed by atoms with Gasteiger partial charge in [-0.3, -0.25) is 4.79 Å². The number of carbonyl (C=O) groups excluding carboxylic acids is 1.